The fourth-order valence-corrected chi connectivity index (χ4v) is 2.42. The fourth-order valence-electron chi connectivity index (χ4n) is 2.12. The molecule has 0 spiro atoms. The second kappa shape index (κ2) is 4.69. The van der Waals surface area contributed by atoms with Crippen molar-refractivity contribution in [2.75, 3.05) is 5.32 Å². The number of halogens is 2. The van der Waals surface area contributed by atoms with Crippen molar-refractivity contribution in [1.29, 1.82) is 0 Å². The van der Waals surface area contributed by atoms with Gasteiger partial charge in [-0.3, -0.25) is 0 Å². The minimum absolute atomic E-state index is 0.288. The van der Waals surface area contributed by atoms with E-state index in [2.05, 4.69) is 38.4 Å². The van der Waals surface area contributed by atoms with E-state index in [4.69, 9.17) is 0 Å². The molecule has 1 saturated carbocycles. The molecule has 1 fully saturated rings. The van der Waals surface area contributed by atoms with Crippen LogP contribution in [-0.2, 0) is 0 Å². The number of rotatable bonds is 3. The number of benzene rings is 1. The molecule has 1 heterocycles. The van der Waals surface area contributed by atoms with Gasteiger partial charge >= 0.3 is 0 Å². The molecular weight excluding hydrogens is 295 g/mol. The van der Waals surface area contributed by atoms with Crippen molar-refractivity contribution >= 4 is 21.7 Å². The molecule has 1 aromatic carbocycles. The SMILES string of the molecule is Fc1cc(Br)cnc1NC1CC1c1ccccc1. The zero-order chi connectivity index (χ0) is 12.5. The molecule has 2 unspecified atom stereocenters. The summed E-state index contributed by atoms with van der Waals surface area (Å²) in [6.07, 6.45) is 2.63. The normalized spacial score (nSPS) is 21.7. The van der Waals surface area contributed by atoms with Crippen molar-refractivity contribution in [1.82, 2.24) is 4.98 Å². The van der Waals surface area contributed by atoms with E-state index in [-0.39, 0.29) is 11.9 Å². The maximum Gasteiger partial charge on any atom is 0.166 e. The van der Waals surface area contributed by atoms with Crippen LogP contribution in [0, 0.1) is 5.82 Å². The molecule has 1 aliphatic carbocycles. The minimum Gasteiger partial charge on any atom is -0.364 e. The van der Waals surface area contributed by atoms with Crippen molar-refractivity contribution < 1.29 is 4.39 Å². The number of nitrogens with zero attached hydrogens (tertiary/aromatic N) is 1. The fraction of sp³-hybridized carbons (Fsp3) is 0.214. The van der Waals surface area contributed by atoms with Crippen LogP contribution >= 0.6 is 15.9 Å². The number of hydrogen-bond donors (Lipinski definition) is 1. The first kappa shape index (κ1) is 11.7. The summed E-state index contributed by atoms with van der Waals surface area (Å²) in [5, 5.41) is 3.15. The standard InChI is InChI=1S/C14H12BrFN2/c15-10-6-12(16)14(17-8-10)18-13-7-11(13)9-4-2-1-3-5-9/h1-6,8,11,13H,7H2,(H,17,18). The van der Waals surface area contributed by atoms with Crippen LogP contribution in [0.25, 0.3) is 0 Å². The molecule has 4 heteroatoms. The van der Waals surface area contributed by atoms with E-state index in [1.165, 1.54) is 11.6 Å². The summed E-state index contributed by atoms with van der Waals surface area (Å²) < 4.78 is 14.3. The van der Waals surface area contributed by atoms with Crippen molar-refractivity contribution in [3.8, 4) is 0 Å². The quantitative estimate of drug-likeness (QED) is 0.928. The van der Waals surface area contributed by atoms with Gasteiger partial charge in [-0.15, -0.1) is 0 Å². The molecule has 0 radical (unpaired) electrons. The molecule has 0 bridgehead atoms. The van der Waals surface area contributed by atoms with Crippen LogP contribution in [0.15, 0.2) is 47.1 Å². The molecule has 2 nitrogen and oxygen atoms in total. The highest BCUT2D eigenvalue weighted by Gasteiger charge is 2.38. The highest BCUT2D eigenvalue weighted by atomic mass is 79.9. The van der Waals surface area contributed by atoms with Gasteiger partial charge in [-0.1, -0.05) is 30.3 Å². The van der Waals surface area contributed by atoms with Crippen LogP contribution in [0.1, 0.15) is 17.9 Å². The highest BCUT2D eigenvalue weighted by molar-refractivity contribution is 9.10. The third-order valence-electron chi connectivity index (χ3n) is 3.15. The lowest BCUT2D eigenvalue weighted by Crippen LogP contribution is -2.07. The van der Waals surface area contributed by atoms with E-state index in [0.717, 1.165) is 6.42 Å². The predicted molar refractivity (Wildman–Crippen MR) is 73.1 cm³/mol. The van der Waals surface area contributed by atoms with E-state index in [1.807, 2.05) is 18.2 Å². The molecule has 92 valence electrons. The Morgan fingerprint density at radius 2 is 2.06 bits per heavy atom. The lowest BCUT2D eigenvalue weighted by molar-refractivity contribution is 0.623. The first-order valence-electron chi connectivity index (χ1n) is 5.86. The average molecular weight is 307 g/mol. The number of hydrogen-bond acceptors (Lipinski definition) is 2. The monoisotopic (exact) mass is 306 g/mol. The molecule has 2 aromatic rings. The van der Waals surface area contributed by atoms with Crippen molar-refractivity contribution in [2.24, 2.45) is 0 Å². The molecule has 0 amide bonds. The van der Waals surface area contributed by atoms with Crippen molar-refractivity contribution in [2.45, 2.75) is 18.4 Å². The zero-order valence-corrected chi connectivity index (χ0v) is 11.2. The van der Waals surface area contributed by atoms with E-state index in [9.17, 15) is 4.39 Å². The minimum atomic E-state index is -0.317. The average Bonchev–Trinajstić information content (AvgIpc) is 3.13. The van der Waals surface area contributed by atoms with E-state index < -0.39 is 0 Å². The van der Waals surface area contributed by atoms with Crippen LogP contribution in [0.3, 0.4) is 0 Å². The van der Waals surface area contributed by atoms with Gasteiger partial charge in [-0.05, 0) is 34.0 Å². The van der Waals surface area contributed by atoms with Gasteiger partial charge in [0, 0.05) is 22.6 Å². The van der Waals surface area contributed by atoms with E-state index in [0.29, 0.717) is 16.2 Å². The molecule has 1 aliphatic rings. The Kier molecular flexibility index (Phi) is 3.04. The van der Waals surface area contributed by atoms with Crippen LogP contribution in [-0.4, -0.2) is 11.0 Å². The predicted octanol–water partition coefficient (Wildman–Crippen LogP) is 3.95. The summed E-state index contributed by atoms with van der Waals surface area (Å²) in [5.74, 6) is 0.487. The lowest BCUT2D eigenvalue weighted by atomic mass is 10.1. The summed E-state index contributed by atoms with van der Waals surface area (Å²) in [7, 11) is 0. The van der Waals surface area contributed by atoms with Crippen LogP contribution in [0.2, 0.25) is 0 Å². The van der Waals surface area contributed by atoms with Gasteiger partial charge in [-0.2, -0.15) is 0 Å². The summed E-state index contributed by atoms with van der Waals surface area (Å²) in [4.78, 5) is 4.05. The maximum absolute atomic E-state index is 13.6. The molecule has 0 aliphatic heterocycles. The van der Waals surface area contributed by atoms with Crippen LogP contribution in [0.4, 0.5) is 10.2 Å². The Balaban J connectivity index is 1.69. The smallest absolute Gasteiger partial charge is 0.166 e. The van der Waals surface area contributed by atoms with Gasteiger partial charge in [0.1, 0.15) is 0 Å². The Labute approximate surface area is 113 Å². The van der Waals surface area contributed by atoms with Gasteiger partial charge < -0.3 is 5.32 Å². The molecule has 18 heavy (non-hydrogen) atoms. The molecule has 1 N–H and O–H groups in total. The van der Waals surface area contributed by atoms with Gasteiger partial charge in [0.25, 0.3) is 0 Å². The molecule has 1 aromatic heterocycles. The molecule has 3 rings (SSSR count). The van der Waals surface area contributed by atoms with Crippen molar-refractivity contribution in [3.63, 3.8) is 0 Å². The summed E-state index contributed by atoms with van der Waals surface area (Å²) in [5.41, 5.74) is 1.30. The first-order chi connectivity index (χ1) is 8.74. The summed E-state index contributed by atoms with van der Waals surface area (Å²) in [6.45, 7) is 0. The van der Waals surface area contributed by atoms with Gasteiger partial charge in [0.05, 0.1) is 0 Å². The Morgan fingerprint density at radius 3 is 2.78 bits per heavy atom. The van der Waals surface area contributed by atoms with Crippen LogP contribution in [0.5, 0.6) is 0 Å². The Morgan fingerprint density at radius 1 is 1.28 bits per heavy atom. The highest BCUT2D eigenvalue weighted by Crippen LogP contribution is 2.42. The second-order valence-corrected chi connectivity index (χ2v) is 5.40. The third kappa shape index (κ3) is 2.38. The number of pyridine rings is 1. The number of aromatic nitrogens is 1. The zero-order valence-electron chi connectivity index (χ0n) is 9.61. The second-order valence-electron chi connectivity index (χ2n) is 4.49. The Bertz CT molecular complexity index is 559. The summed E-state index contributed by atoms with van der Waals surface area (Å²) in [6, 6.07) is 12.0. The molecular formula is C14H12BrFN2. The third-order valence-corrected chi connectivity index (χ3v) is 3.58. The van der Waals surface area contributed by atoms with Gasteiger partial charge in [0.2, 0.25) is 0 Å². The number of anilines is 1. The maximum atomic E-state index is 13.6. The molecule has 0 saturated heterocycles. The van der Waals surface area contributed by atoms with Crippen LogP contribution < -0.4 is 5.32 Å². The van der Waals surface area contributed by atoms with Crippen molar-refractivity contribution in [3.05, 3.63) is 58.4 Å². The largest absolute Gasteiger partial charge is 0.364 e. The van der Waals surface area contributed by atoms with E-state index in [1.54, 1.807) is 6.20 Å². The summed E-state index contributed by atoms with van der Waals surface area (Å²) >= 11 is 3.20. The van der Waals surface area contributed by atoms with E-state index >= 15 is 0 Å². The van der Waals surface area contributed by atoms with Gasteiger partial charge in [0.15, 0.2) is 11.6 Å². The topological polar surface area (TPSA) is 24.9 Å². The Hall–Kier alpha value is -1.42. The molecule has 2 atom stereocenters. The van der Waals surface area contributed by atoms with Gasteiger partial charge in [-0.25, -0.2) is 9.37 Å². The lowest BCUT2D eigenvalue weighted by Gasteiger charge is -2.06. The first-order valence-corrected chi connectivity index (χ1v) is 6.66. The number of nitrogens with one attached hydrogen (secondary N) is 1.